The van der Waals surface area contributed by atoms with Crippen LogP contribution in [0.3, 0.4) is 0 Å². The fraction of sp³-hybridized carbons (Fsp3) is 0.182. The second-order valence-corrected chi connectivity index (χ2v) is 5.96. The molecule has 7 heteroatoms. The second-order valence-electron chi connectivity index (χ2n) is 4.09. The van der Waals surface area contributed by atoms with Crippen molar-refractivity contribution < 1.29 is 13.4 Å². The van der Waals surface area contributed by atoms with Gasteiger partial charge in [-0.2, -0.15) is 5.10 Å². The maximum absolute atomic E-state index is 11.9. The van der Waals surface area contributed by atoms with Crippen molar-refractivity contribution in [2.75, 3.05) is 5.75 Å². The van der Waals surface area contributed by atoms with E-state index in [0.717, 1.165) is 11.1 Å². The molecule has 0 bridgehead atoms. The first kappa shape index (κ1) is 12.9. The average Bonchev–Trinajstić information content (AvgIpc) is 2.28. The van der Waals surface area contributed by atoms with Crippen molar-refractivity contribution in [2.45, 2.75) is 6.92 Å². The number of nitrogens with zero attached hydrogens (tertiary/aromatic N) is 2. The van der Waals surface area contributed by atoms with E-state index in [4.69, 9.17) is 0 Å². The van der Waals surface area contributed by atoms with E-state index in [9.17, 15) is 13.4 Å². The molecule has 0 atom stereocenters. The zero-order valence-electron chi connectivity index (χ0n) is 9.94. The minimum absolute atomic E-state index is 0.261. The lowest BCUT2D eigenvalue weighted by molar-refractivity contribution is 0.478. The summed E-state index contributed by atoms with van der Waals surface area (Å²) in [5, 5.41) is 13.9. The molecule has 1 heterocycles. The summed E-state index contributed by atoms with van der Waals surface area (Å²) in [5.41, 5.74) is 2.28. The lowest BCUT2D eigenvalue weighted by atomic mass is 9.71. The van der Waals surface area contributed by atoms with Crippen LogP contribution in [0.25, 0.3) is 0 Å². The number of fused-ring (bicyclic) bond motifs is 1. The van der Waals surface area contributed by atoms with E-state index in [1.165, 1.54) is 12.3 Å². The predicted molar refractivity (Wildman–Crippen MR) is 72.2 cm³/mol. The minimum atomic E-state index is -3.67. The van der Waals surface area contributed by atoms with Gasteiger partial charge in [-0.25, -0.2) is 12.7 Å². The van der Waals surface area contributed by atoms with Gasteiger partial charge < -0.3 is 5.02 Å². The summed E-state index contributed by atoms with van der Waals surface area (Å²) < 4.78 is 24.4. The number of hydrogen-bond donors (Lipinski definition) is 1. The molecule has 0 amide bonds. The van der Waals surface area contributed by atoms with Crippen molar-refractivity contribution in [3.8, 4) is 0 Å². The Balaban J connectivity index is 2.43. The molecule has 5 nitrogen and oxygen atoms in total. The standard InChI is InChI=1S/C11H13BN2O3S/c1-3-6-18(16,17)14-12(15)11-5-4-9(2)7-10(11)8-13-14/h3-5,7-8,15H,1,6H2,2H3. The van der Waals surface area contributed by atoms with Gasteiger partial charge in [0.25, 0.3) is 0 Å². The minimum Gasteiger partial charge on any atom is -0.427 e. The summed E-state index contributed by atoms with van der Waals surface area (Å²) in [6.07, 6.45) is 2.71. The first-order valence-corrected chi connectivity index (χ1v) is 7.02. The predicted octanol–water partition coefficient (Wildman–Crippen LogP) is -0.152. The molecule has 94 valence electrons. The van der Waals surface area contributed by atoms with Gasteiger partial charge in [-0.05, 0) is 17.9 Å². The van der Waals surface area contributed by atoms with E-state index in [2.05, 4.69) is 11.7 Å². The molecule has 1 N–H and O–H groups in total. The molecule has 0 radical (unpaired) electrons. The topological polar surface area (TPSA) is 70.0 Å². The van der Waals surface area contributed by atoms with E-state index in [-0.39, 0.29) is 5.75 Å². The van der Waals surface area contributed by atoms with Crippen molar-refractivity contribution in [1.29, 1.82) is 0 Å². The van der Waals surface area contributed by atoms with Crippen LogP contribution in [0, 0.1) is 6.92 Å². The molecule has 1 aliphatic rings. The lowest BCUT2D eigenvalue weighted by Crippen LogP contribution is -2.52. The van der Waals surface area contributed by atoms with Gasteiger partial charge in [0.05, 0.1) is 12.0 Å². The number of rotatable bonds is 3. The highest BCUT2D eigenvalue weighted by atomic mass is 32.2. The van der Waals surface area contributed by atoms with E-state index in [0.29, 0.717) is 9.79 Å². The van der Waals surface area contributed by atoms with Gasteiger partial charge in [-0.15, -0.1) is 6.58 Å². The second kappa shape index (κ2) is 4.58. The third-order valence-corrected chi connectivity index (χ3v) is 4.17. The summed E-state index contributed by atoms with van der Waals surface area (Å²) in [6.45, 7) is 5.30. The highest BCUT2D eigenvalue weighted by molar-refractivity contribution is 7.90. The third-order valence-electron chi connectivity index (χ3n) is 2.65. The Morgan fingerprint density at radius 1 is 1.56 bits per heavy atom. The van der Waals surface area contributed by atoms with E-state index < -0.39 is 17.1 Å². The van der Waals surface area contributed by atoms with Crippen LogP contribution in [0.1, 0.15) is 11.1 Å². The van der Waals surface area contributed by atoms with E-state index >= 15 is 0 Å². The summed E-state index contributed by atoms with van der Waals surface area (Å²) in [6, 6.07) is 5.37. The Morgan fingerprint density at radius 2 is 2.28 bits per heavy atom. The first-order valence-electron chi connectivity index (χ1n) is 5.41. The summed E-state index contributed by atoms with van der Waals surface area (Å²) >= 11 is 0. The number of hydrogen-bond acceptors (Lipinski definition) is 4. The highest BCUT2D eigenvalue weighted by Crippen LogP contribution is 2.12. The maximum Gasteiger partial charge on any atom is 0.484 e. The molecule has 18 heavy (non-hydrogen) atoms. The van der Waals surface area contributed by atoms with Gasteiger partial charge in [-0.1, -0.05) is 29.8 Å². The largest absolute Gasteiger partial charge is 0.484 e. The maximum atomic E-state index is 11.9. The van der Waals surface area contributed by atoms with Crippen LogP contribution in [0.4, 0.5) is 0 Å². The molecular formula is C11H13BN2O3S. The van der Waals surface area contributed by atoms with Gasteiger partial charge in [0.1, 0.15) is 0 Å². The summed E-state index contributed by atoms with van der Waals surface area (Å²) in [7, 11) is -4.95. The van der Waals surface area contributed by atoms with E-state index in [1.54, 1.807) is 6.07 Å². The Labute approximate surface area is 107 Å². The van der Waals surface area contributed by atoms with Crippen LogP contribution < -0.4 is 5.46 Å². The SMILES string of the molecule is C=CCS(=O)(=O)N1N=Cc2cc(C)ccc2B1O. The Kier molecular flexibility index (Phi) is 3.27. The molecule has 0 spiro atoms. The van der Waals surface area contributed by atoms with Crippen molar-refractivity contribution in [1.82, 2.24) is 4.33 Å². The van der Waals surface area contributed by atoms with Crippen molar-refractivity contribution >= 4 is 28.8 Å². The Bertz CT molecular complexity index is 613. The molecule has 2 rings (SSSR count). The van der Waals surface area contributed by atoms with Gasteiger partial charge in [0.2, 0.25) is 10.0 Å². The molecule has 1 aromatic carbocycles. The number of aryl methyl sites for hydroxylation is 1. The monoisotopic (exact) mass is 264 g/mol. The fourth-order valence-corrected chi connectivity index (χ4v) is 2.85. The molecule has 0 aromatic heterocycles. The Morgan fingerprint density at radius 3 is 2.94 bits per heavy atom. The molecule has 0 unspecified atom stereocenters. The molecule has 0 aliphatic carbocycles. The molecule has 1 aliphatic heterocycles. The van der Waals surface area contributed by atoms with Crippen LogP contribution in [0.5, 0.6) is 0 Å². The van der Waals surface area contributed by atoms with Crippen molar-refractivity contribution in [2.24, 2.45) is 5.10 Å². The molecule has 0 fully saturated rings. The van der Waals surface area contributed by atoms with Gasteiger partial charge >= 0.3 is 7.05 Å². The average molecular weight is 264 g/mol. The van der Waals surface area contributed by atoms with Crippen molar-refractivity contribution in [3.05, 3.63) is 42.0 Å². The smallest absolute Gasteiger partial charge is 0.427 e. The molecular weight excluding hydrogens is 251 g/mol. The van der Waals surface area contributed by atoms with Crippen LogP contribution in [0.15, 0.2) is 36.0 Å². The fourth-order valence-electron chi connectivity index (χ4n) is 1.79. The quantitative estimate of drug-likeness (QED) is 0.609. The van der Waals surface area contributed by atoms with Gasteiger partial charge in [0.15, 0.2) is 0 Å². The summed E-state index contributed by atoms with van der Waals surface area (Å²) in [5.74, 6) is -0.261. The number of sulfonamides is 1. The number of hydrazone groups is 1. The normalized spacial score (nSPS) is 14.6. The van der Waals surface area contributed by atoms with Crippen LogP contribution in [-0.2, 0) is 10.0 Å². The van der Waals surface area contributed by atoms with Gasteiger partial charge in [-0.3, -0.25) is 0 Å². The molecule has 0 saturated heterocycles. The highest BCUT2D eigenvalue weighted by Gasteiger charge is 2.36. The van der Waals surface area contributed by atoms with Crippen LogP contribution in [0.2, 0.25) is 0 Å². The third kappa shape index (κ3) is 2.19. The zero-order valence-corrected chi connectivity index (χ0v) is 10.8. The zero-order chi connectivity index (χ0) is 13.3. The molecule has 0 saturated carbocycles. The van der Waals surface area contributed by atoms with Gasteiger partial charge in [0, 0.05) is 0 Å². The van der Waals surface area contributed by atoms with E-state index in [1.807, 2.05) is 19.1 Å². The Hall–Kier alpha value is -1.60. The number of benzene rings is 1. The van der Waals surface area contributed by atoms with Crippen LogP contribution >= 0.6 is 0 Å². The lowest BCUT2D eigenvalue weighted by Gasteiger charge is -2.25. The summed E-state index contributed by atoms with van der Waals surface area (Å²) in [4.78, 5) is 0. The first-order chi connectivity index (χ1) is 8.45. The van der Waals surface area contributed by atoms with Crippen LogP contribution in [-0.4, -0.2) is 36.8 Å². The van der Waals surface area contributed by atoms with Crippen molar-refractivity contribution in [3.63, 3.8) is 0 Å². The molecule has 1 aromatic rings.